The number of piperidine rings is 1. The van der Waals surface area contributed by atoms with Crippen molar-refractivity contribution in [2.75, 3.05) is 13.1 Å². The molecular weight excluding hydrogens is 259 g/mol. The van der Waals surface area contributed by atoms with Crippen LogP contribution in [0.15, 0.2) is 12.3 Å². The predicted octanol–water partition coefficient (Wildman–Crippen LogP) is 1.69. The van der Waals surface area contributed by atoms with Crippen LogP contribution in [-0.4, -0.2) is 40.3 Å². The van der Waals surface area contributed by atoms with Crippen LogP contribution in [0.2, 0.25) is 5.28 Å². The van der Waals surface area contributed by atoms with E-state index in [2.05, 4.69) is 20.3 Å². The Kier molecular flexibility index (Phi) is 3.05. The molecule has 0 aliphatic carbocycles. The SMILES string of the molecule is F[C@@H]1CCNC[C@@H]1Oc1nc(Cl)nc2[nH]ccc12. The van der Waals surface area contributed by atoms with Crippen molar-refractivity contribution in [1.82, 2.24) is 20.3 Å². The van der Waals surface area contributed by atoms with E-state index in [9.17, 15) is 4.39 Å². The number of nitrogens with zero attached hydrogens (tertiary/aromatic N) is 2. The molecule has 5 nitrogen and oxygen atoms in total. The molecule has 3 heterocycles. The monoisotopic (exact) mass is 270 g/mol. The molecule has 96 valence electrons. The molecule has 7 heteroatoms. The quantitative estimate of drug-likeness (QED) is 0.815. The van der Waals surface area contributed by atoms with Gasteiger partial charge in [0, 0.05) is 12.7 Å². The van der Waals surface area contributed by atoms with Gasteiger partial charge in [-0.15, -0.1) is 0 Å². The van der Waals surface area contributed by atoms with Crippen molar-refractivity contribution in [3.8, 4) is 5.88 Å². The Morgan fingerprint density at radius 1 is 1.44 bits per heavy atom. The minimum Gasteiger partial charge on any atom is -0.469 e. The molecule has 0 spiro atoms. The first-order chi connectivity index (χ1) is 8.74. The lowest BCUT2D eigenvalue weighted by atomic mass is 10.1. The number of aromatic nitrogens is 3. The third-order valence-corrected chi connectivity index (χ3v) is 3.13. The molecule has 0 saturated carbocycles. The second kappa shape index (κ2) is 4.70. The van der Waals surface area contributed by atoms with Crippen molar-refractivity contribution >= 4 is 22.6 Å². The second-order valence-corrected chi connectivity index (χ2v) is 4.54. The lowest BCUT2D eigenvalue weighted by molar-refractivity contribution is 0.0721. The minimum atomic E-state index is -0.992. The number of rotatable bonds is 2. The summed E-state index contributed by atoms with van der Waals surface area (Å²) in [5.41, 5.74) is 0.587. The van der Waals surface area contributed by atoms with Gasteiger partial charge in [0.1, 0.15) is 17.9 Å². The molecule has 0 bridgehead atoms. The van der Waals surface area contributed by atoms with Crippen LogP contribution in [-0.2, 0) is 0 Å². The highest BCUT2D eigenvalue weighted by molar-refractivity contribution is 6.28. The van der Waals surface area contributed by atoms with Crippen LogP contribution >= 0.6 is 11.6 Å². The number of fused-ring (bicyclic) bond motifs is 1. The lowest BCUT2D eigenvalue weighted by Gasteiger charge is -2.27. The molecule has 2 N–H and O–H groups in total. The molecule has 1 aliphatic heterocycles. The zero-order valence-corrected chi connectivity index (χ0v) is 10.2. The normalized spacial score (nSPS) is 24.3. The molecule has 1 aliphatic rings. The Hall–Kier alpha value is -1.40. The van der Waals surface area contributed by atoms with Crippen LogP contribution in [0.4, 0.5) is 4.39 Å². The van der Waals surface area contributed by atoms with Gasteiger partial charge in [0.2, 0.25) is 11.2 Å². The van der Waals surface area contributed by atoms with Crippen LogP contribution in [0.1, 0.15) is 6.42 Å². The van der Waals surface area contributed by atoms with Gasteiger partial charge in [-0.3, -0.25) is 0 Å². The average molecular weight is 271 g/mol. The number of aromatic amines is 1. The maximum absolute atomic E-state index is 13.7. The van der Waals surface area contributed by atoms with Gasteiger partial charge >= 0.3 is 0 Å². The Balaban J connectivity index is 1.91. The van der Waals surface area contributed by atoms with Crippen molar-refractivity contribution in [3.05, 3.63) is 17.5 Å². The van der Waals surface area contributed by atoms with Gasteiger partial charge in [-0.25, -0.2) is 4.39 Å². The van der Waals surface area contributed by atoms with E-state index < -0.39 is 12.3 Å². The van der Waals surface area contributed by atoms with E-state index in [0.717, 1.165) is 0 Å². The van der Waals surface area contributed by atoms with Crippen LogP contribution in [0, 0.1) is 0 Å². The Bertz CT molecular complexity index is 561. The van der Waals surface area contributed by atoms with Gasteiger partial charge in [0.15, 0.2) is 0 Å². The summed E-state index contributed by atoms with van der Waals surface area (Å²) in [4.78, 5) is 11.0. The zero-order valence-electron chi connectivity index (χ0n) is 9.49. The molecule has 2 aromatic rings. The van der Waals surface area contributed by atoms with E-state index in [1.807, 2.05) is 0 Å². The summed E-state index contributed by atoms with van der Waals surface area (Å²) in [5.74, 6) is 0.322. The van der Waals surface area contributed by atoms with Crippen LogP contribution in [0.5, 0.6) is 5.88 Å². The molecule has 1 saturated heterocycles. The smallest absolute Gasteiger partial charge is 0.227 e. The maximum atomic E-state index is 13.7. The Labute approximate surface area is 108 Å². The fourth-order valence-corrected chi connectivity index (χ4v) is 2.20. The molecule has 3 rings (SSSR count). The van der Waals surface area contributed by atoms with Gasteiger partial charge in [-0.1, -0.05) is 0 Å². The third kappa shape index (κ3) is 2.13. The Morgan fingerprint density at radius 2 is 2.33 bits per heavy atom. The van der Waals surface area contributed by atoms with Gasteiger partial charge < -0.3 is 15.0 Å². The molecule has 0 aromatic carbocycles. The van der Waals surface area contributed by atoms with Gasteiger partial charge in [0.25, 0.3) is 0 Å². The van der Waals surface area contributed by atoms with E-state index >= 15 is 0 Å². The Morgan fingerprint density at radius 3 is 3.17 bits per heavy atom. The number of hydrogen-bond donors (Lipinski definition) is 2. The number of H-pyrrole nitrogens is 1. The summed E-state index contributed by atoms with van der Waals surface area (Å²) in [6, 6.07) is 1.78. The highest BCUT2D eigenvalue weighted by Gasteiger charge is 2.27. The molecule has 2 aromatic heterocycles. The van der Waals surface area contributed by atoms with Crippen molar-refractivity contribution in [2.24, 2.45) is 0 Å². The summed E-state index contributed by atoms with van der Waals surface area (Å²) in [7, 11) is 0. The summed E-state index contributed by atoms with van der Waals surface area (Å²) >= 11 is 5.80. The summed E-state index contributed by atoms with van der Waals surface area (Å²) in [6.07, 6.45) is 0.630. The molecule has 0 amide bonds. The van der Waals surface area contributed by atoms with E-state index in [0.29, 0.717) is 36.4 Å². The number of alkyl halides is 1. The van der Waals surface area contributed by atoms with E-state index in [1.165, 1.54) is 0 Å². The molecular formula is C11H12ClFN4O. The summed E-state index contributed by atoms with van der Waals surface area (Å²) < 4.78 is 19.3. The van der Waals surface area contributed by atoms with Gasteiger partial charge in [-0.2, -0.15) is 9.97 Å². The summed E-state index contributed by atoms with van der Waals surface area (Å²) in [6.45, 7) is 1.14. The van der Waals surface area contributed by atoms with Gasteiger partial charge in [0.05, 0.1) is 5.39 Å². The minimum absolute atomic E-state index is 0.0825. The molecule has 0 unspecified atom stereocenters. The van der Waals surface area contributed by atoms with Crippen molar-refractivity contribution < 1.29 is 9.13 Å². The fraction of sp³-hybridized carbons (Fsp3) is 0.455. The number of hydrogen-bond acceptors (Lipinski definition) is 4. The number of nitrogens with one attached hydrogen (secondary N) is 2. The maximum Gasteiger partial charge on any atom is 0.227 e. The van der Waals surface area contributed by atoms with E-state index in [1.54, 1.807) is 12.3 Å². The topological polar surface area (TPSA) is 62.8 Å². The molecule has 1 fully saturated rings. The molecule has 0 radical (unpaired) electrons. The summed E-state index contributed by atoms with van der Waals surface area (Å²) in [5, 5.41) is 3.88. The second-order valence-electron chi connectivity index (χ2n) is 4.20. The highest BCUT2D eigenvalue weighted by Crippen LogP contribution is 2.25. The first-order valence-corrected chi connectivity index (χ1v) is 6.14. The largest absolute Gasteiger partial charge is 0.469 e. The number of halogens is 2. The van der Waals surface area contributed by atoms with Gasteiger partial charge in [-0.05, 0) is 30.6 Å². The zero-order chi connectivity index (χ0) is 12.5. The van der Waals surface area contributed by atoms with Crippen molar-refractivity contribution in [1.29, 1.82) is 0 Å². The highest BCUT2D eigenvalue weighted by atomic mass is 35.5. The van der Waals surface area contributed by atoms with Crippen molar-refractivity contribution in [2.45, 2.75) is 18.7 Å². The van der Waals surface area contributed by atoms with Crippen molar-refractivity contribution in [3.63, 3.8) is 0 Å². The fourth-order valence-electron chi connectivity index (χ4n) is 2.03. The van der Waals surface area contributed by atoms with Crippen LogP contribution in [0.25, 0.3) is 11.0 Å². The number of ether oxygens (including phenoxy) is 1. The molecule has 18 heavy (non-hydrogen) atoms. The van der Waals surface area contributed by atoms with E-state index in [-0.39, 0.29) is 5.28 Å². The standard InChI is InChI=1S/C11H12ClFN4O/c12-11-16-9-6(1-4-15-9)10(17-11)18-8-5-14-3-2-7(8)13/h1,4,7-8,14H,2-3,5H2,(H,15,16,17)/t7-,8+/m1/s1. The van der Waals surface area contributed by atoms with Crippen LogP contribution < -0.4 is 10.1 Å². The van der Waals surface area contributed by atoms with E-state index in [4.69, 9.17) is 16.3 Å². The lowest BCUT2D eigenvalue weighted by Crippen LogP contribution is -2.45. The molecule has 2 atom stereocenters. The first kappa shape index (κ1) is 11.7. The third-order valence-electron chi connectivity index (χ3n) is 2.96. The van der Waals surface area contributed by atoms with Crippen LogP contribution in [0.3, 0.4) is 0 Å². The predicted molar refractivity (Wildman–Crippen MR) is 65.7 cm³/mol. The first-order valence-electron chi connectivity index (χ1n) is 5.76. The average Bonchev–Trinajstić information content (AvgIpc) is 2.80.